The summed E-state index contributed by atoms with van der Waals surface area (Å²) in [5, 5.41) is 0. The van der Waals surface area contributed by atoms with E-state index in [-0.39, 0.29) is 11.6 Å². The van der Waals surface area contributed by atoms with Crippen molar-refractivity contribution in [3.63, 3.8) is 0 Å². The van der Waals surface area contributed by atoms with E-state index >= 15 is 0 Å². The number of nitrogens with two attached hydrogens (primary N) is 1. The van der Waals surface area contributed by atoms with Crippen LogP contribution in [0.3, 0.4) is 0 Å². The Morgan fingerprint density at radius 2 is 1.83 bits per heavy atom. The summed E-state index contributed by atoms with van der Waals surface area (Å²) in [6.45, 7) is 4.31. The second-order valence-electron chi connectivity index (χ2n) is 5.60. The fourth-order valence-electron chi connectivity index (χ4n) is 3.19. The molecule has 1 fully saturated rings. The van der Waals surface area contributed by atoms with Crippen molar-refractivity contribution in [3.8, 4) is 0 Å². The highest BCUT2D eigenvalue weighted by Gasteiger charge is 2.39. The van der Waals surface area contributed by atoms with Crippen LogP contribution in [0.25, 0.3) is 0 Å². The normalized spacial score (nSPS) is 20.7. The molecule has 2 nitrogen and oxygen atoms in total. The molecule has 0 aromatic heterocycles. The fourth-order valence-corrected chi connectivity index (χ4v) is 3.19. The van der Waals surface area contributed by atoms with E-state index in [0.29, 0.717) is 0 Å². The molecule has 1 aliphatic carbocycles. The molecule has 0 radical (unpaired) electrons. The van der Waals surface area contributed by atoms with Crippen LogP contribution in [-0.2, 0) is 4.74 Å². The molecule has 0 heterocycles. The molecule has 2 heteroatoms. The van der Waals surface area contributed by atoms with E-state index in [1.165, 1.54) is 36.0 Å². The second kappa shape index (κ2) is 5.41. The molecule has 18 heavy (non-hydrogen) atoms. The molecule has 1 saturated carbocycles. The number of benzene rings is 1. The maximum atomic E-state index is 6.56. The summed E-state index contributed by atoms with van der Waals surface area (Å²) in [5.74, 6) is 0. The Bertz CT molecular complexity index is 408. The third-order valence-corrected chi connectivity index (χ3v) is 4.65. The van der Waals surface area contributed by atoms with Crippen LogP contribution in [0.1, 0.15) is 54.8 Å². The van der Waals surface area contributed by atoms with E-state index in [4.69, 9.17) is 10.5 Å². The molecule has 1 unspecified atom stereocenters. The number of rotatable bonds is 3. The molecule has 0 spiro atoms. The quantitative estimate of drug-likeness (QED) is 0.884. The van der Waals surface area contributed by atoms with Crippen molar-refractivity contribution >= 4 is 0 Å². The van der Waals surface area contributed by atoms with Gasteiger partial charge in [-0.25, -0.2) is 0 Å². The van der Waals surface area contributed by atoms with Gasteiger partial charge in [0.25, 0.3) is 0 Å². The Balaban J connectivity index is 2.33. The first-order valence-electron chi connectivity index (χ1n) is 6.97. The van der Waals surface area contributed by atoms with E-state index in [9.17, 15) is 0 Å². The summed E-state index contributed by atoms with van der Waals surface area (Å²) < 4.78 is 5.86. The van der Waals surface area contributed by atoms with Crippen molar-refractivity contribution in [1.82, 2.24) is 0 Å². The summed E-state index contributed by atoms with van der Waals surface area (Å²) in [4.78, 5) is 0. The first-order valence-corrected chi connectivity index (χ1v) is 6.97. The Kier molecular flexibility index (Phi) is 4.08. The van der Waals surface area contributed by atoms with Gasteiger partial charge in [0, 0.05) is 7.11 Å². The van der Waals surface area contributed by atoms with Crippen molar-refractivity contribution in [1.29, 1.82) is 0 Å². The second-order valence-corrected chi connectivity index (χ2v) is 5.60. The summed E-state index contributed by atoms with van der Waals surface area (Å²) in [5.41, 5.74) is 10.3. The average molecular weight is 247 g/mol. The van der Waals surface area contributed by atoms with Gasteiger partial charge in [-0.15, -0.1) is 0 Å². The summed E-state index contributed by atoms with van der Waals surface area (Å²) in [6, 6.07) is 6.39. The van der Waals surface area contributed by atoms with Crippen LogP contribution in [-0.4, -0.2) is 12.7 Å². The minimum atomic E-state index is -0.156. The van der Waals surface area contributed by atoms with Crippen molar-refractivity contribution in [2.24, 2.45) is 5.73 Å². The van der Waals surface area contributed by atoms with Crippen molar-refractivity contribution in [3.05, 3.63) is 34.9 Å². The van der Waals surface area contributed by atoms with Crippen LogP contribution >= 0.6 is 0 Å². The summed E-state index contributed by atoms with van der Waals surface area (Å²) in [7, 11) is 1.82. The topological polar surface area (TPSA) is 35.2 Å². The molecule has 1 aliphatic rings. The molecular formula is C16H25NO. The predicted molar refractivity (Wildman–Crippen MR) is 75.7 cm³/mol. The van der Waals surface area contributed by atoms with Crippen LogP contribution in [0, 0.1) is 13.8 Å². The maximum absolute atomic E-state index is 6.56. The third-order valence-electron chi connectivity index (χ3n) is 4.65. The zero-order chi connectivity index (χ0) is 13.2. The highest BCUT2D eigenvalue weighted by atomic mass is 16.5. The van der Waals surface area contributed by atoms with Crippen LogP contribution in [0.2, 0.25) is 0 Å². The van der Waals surface area contributed by atoms with Gasteiger partial charge < -0.3 is 10.5 Å². The Labute approximate surface area is 111 Å². The Hall–Kier alpha value is -0.860. The van der Waals surface area contributed by atoms with Gasteiger partial charge in [0.05, 0.1) is 11.6 Å². The highest BCUT2D eigenvalue weighted by Crippen LogP contribution is 2.40. The first kappa shape index (κ1) is 13.6. The molecule has 1 atom stereocenters. The molecule has 0 saturated heterocycles. The maximum Gasteiger partial charge on any atom is 0.0870 e. The van der Waals surface area contributed by atoms with Crippen molar-refractivity contribution in [2.75, 3.05) is 7.11 Å². The molecular weight excluding hydrogens is 222 g/mol. The molecule has 2 rings (SSSR count). The standard InChI is InChI=1S/C16H25NO/c1-12-8-7-9-14(13(12)2)15(17)16(18-3)10-5-4-6-11-16/h7-9,15H,4-6,10-11,17H2,1-3H3. The van der Waals surface area contributed by atoms with Crippen LogP contribution < -0.4 is 5.73 Å². The highest BCUT2D eigenvalue weighted by molar-refractivity contribution is 5.36. The summed E-state index contributed by atoms with van der Waals surface area (Å²) in [6.07, 6.45) is 5.93. The van der Waals surface area contributed by atoms with Gasteiger partial charge in [-0.1, -0.05) is 37.5 Å². The van der Waals surface area contributed by atoms with Crippen molar-refractivity contribution in [2.45, 2.75) is 57.6 Å². The molecule has 2 N–H and O–H groups in total. The van der Waals surface area contributed by atoms with Gasteiger partial charge in [-0.2, -0.15) is 0 Å². The zero-order valence-electron chi connectivity index (χ0n) is 11.8. The molecule has 100 valence electrons. The number of methoxy groups -OCH3 is 1. The van der Waals surface area contributed by atoms with Gasteiger partial charge in [-0.3, -0.25) is 0 Å². The van der Waals surface area contributed by atoms with Crippen LogP contribution in [0.15, 0.2) is 18.2 Å². The minimum absolute atomic E-state index is 0.0114. The van der Waals surface area contributed by atoms with E-state index in [1.807, 2.05) is 7.11 Å². The fraction of sp³-hybridized carbons (Fsp3) is 0.625. The summed E-state index contributed by atoms with van der Waals surface area (Å²) >= 11 is 0. The number of ether oxygens (including phenoxy) is 1. The van der Waals surface area contributed by atoms with E-state index < -0.39 is 0 Å². The SMILES string of the molecule is COC1(C(N)c2cccc(C)c2C)CCCCC1. The molecule has 0 amide bonds. The first-order chi connectivity index (χ1) is 8.60. The minimum Gasteiger partial charge on any atom is -0.376 e. The van der Waals surface area contributed by atoms with Gasteiger partial charge in [0.2, 0.25) is 0 Å². The lowest BCUT2D eigenvalue weighted by Crippen LogP contribution is -2.45. The van der Waals surface area contributed by atoms with Gasteiger partial charge in [0.15, 0.2) is 0 Å². The van der Waals surface area contributed by atoms with Gasteiger partial charge >= 0.3 is 0 Å². The lowest BCUT2D eigenvalue weighted by molar-refractivity contribution is -0.0596. The lowest BCUT2D eigenvalue weighted by Gasteiger charge is -2.41. The zero-order valence-corrected chi connectivity index (χ0v) is 11.8. The Morgan fingerprint density at radius 3 is 2.44 bits per heavy atom. The molecule has 0 aliphatic heterocycles. The molecule has 1 aromatic rings. The van der Waals surface area contributed by atoms with Crippen LogP contribution in [0.5, 0.6) is 0 Å². The Morgan fingerprint density at radius 1 is 1.17 bits per heavy atom. The van der Waals surface area contributed by atoms with E-state index in [0.717, 1.165) is 12.8 Å². The smallest absolute Gasteiger partial charge is 0.0870 e. The van der Waals surface area contributed by atoms with Crippen LogP contribution in [0.4, 0.5) is 0 Å². The third kappa shape index (κ3) is 2.32. The number of hydrogen-bond acceptors (Lipinski definition) is 2. The van der Waals surface area contributed by atoms with Gasteiger partial charge in [-0.05, 0) is 43.4 Å². The van der Waals surface area contributed by atoms with Crippen molar-refractivity contribution < 1.29 is 4.74 Å². The number of aryl methyl sites for hydroxylation is 1. The predicted octanol–water partition coefficient (Wildman–Crippen LogP) is 3.65. The van der Waals surface area contributed by atoms with Gasteiger partial charge in [0.1, 0.15) is 0 Å². The molecule has 1 aromatic carbocycles. The largest absolute Gasteiger partial charge is 0.376 e. The van der Waals surface area contributed by atoms with E-state index in [1.54, 1.807) is 0 Å². The average Bonchev–Trinajstić information content (AvgIpc) is 2.42. The number of hydrogen-bond donors (Lipinski definition) is 1. The lowest BCUT2D eigenvalue weighted by atomic mass is 9.76. The van der Waals surface area contributed by atoms with E-state index in [2.05, 4.69) is 32.0 Å². The molecule has 0 bridgehead atoms. The monoisotopic (exact) mass is 247 g/mol.